The van der Waals surface area contributed by atoms with Crippen molar-refractivity contribution >= 4 is 35.6 Å². The van der Waals surface area contributed by atoms with E-state index in [9.17, 15) is 9.59 Å². The van der Waals surface area contributed by atoms with E-state index in [0.29, 0.717) is 28.3 Å². The van der Waals surface area contributed by atoms with E-state index >= 15 is 0 Å². The zero-order valence-electron chi connectivity index (χ0n) is 11.8. The van der Waals surface area contributed by atoms with Crippen LogP contribution >= 0.6 is 12.4 Å². The van der Waals surface area contributed by atoms with Gasteiger partial charge in [-0.25, -0.2) is 0 Å². The first kappa shape index (κ1) is 17.3. The summed E-state index contributed by atoms with van der Waals surface area (Å²) >= 11 is 0. The number of nitrogens with one attached hydrogen (secondary N) is 1. The molecule has 0 atom stereocenters. The average molecular weight is 322 g/mol. The molecule has 116 valence electrons. The normalized spacial score (nSPS) is 9.50. The predicted molar refractivity (Wildman–Crippen MR) is 87.6 cm³/mol. The smallest absolute Gasteiger partial charge is 0.255 e. The molecule has 0 spiro atoms. The Morgan fingerprint density at radius 1 is 1.05 bits per heavy atom. The first-order chi connectivity index (χ1) is 10.0. The molecule has 0 aliphatic rings. The third-order valence-corrected chi connectivity index (χ3v) is 2.92. The molecule has 5 N–H and O–H groups in total. The highest BCUT2D eigenvalue weighted by Crippen LogP contribution is 2.22. The Morgan fingerprint density at radius 2 is 1.64 bits per heavy atom. The minimum absolute atomic E-state index is 0. The molecule has 0 saturated carbocycles. The number of benzene rings is 2. The number of halogens is 1. The zero-order valence-corrected chi connectivity index (χ0v) is 12.6. The number of nitrogens with two attached hydrogens (primary N) is 2. The SMILES string of the molecule is COc1ccc(C(=O)Nc2ccc(C(N)=O)cc2)cc1N.Cl. The van der Waals surface area contributed by atoms with Crippen molar-refractivity contribution in [2.75, 3.05) is 18.2 Å². The molecule has 0 saturated heterocycles. The minimum Gasteiger partial charge on any atom is -0.495 e. The van der Waals surface area contributed by atoms with Crippen molar-refractivity contribution in [3.05, 3.63) is 53.6 Å². The Kier molecular flexibility index (Phi) is 5.77. The third-order valence-electron chi connectivity index (χ3n) is 2.92. The van der Waals surface area contributed by atoms with Crippen LogP contribution in [0.1, 0.15) is 20.7 Å². The fourth-order valence-corrected chi connectivity index (χ4v) is 1.80. The third kappa shape index (κ3) is 3.89. The second-order valence-corrected chi connectivity index (χ2v) is 4.35. The molecule has 7 heteroatoms. The van der Waals surface area contributed by atoms with E-state index < -0.39 is 5.91 Å². The van der Waals surface area contributed by atoms with Crippen molar-refractivity contribution in [1.82, 2.24) is 0 Å². The van der Waals surface area contributed by atoms with Crippen LogP contribution in [-0.2, 0) is 0 Å². The van der Waals surface area contributed by atoms with Crippen LogP contribution in [-0.4, -0.2) is 18.9 Å². The van der Waals surface area contributed by atoms with Gasteiger partial charge in [-0.05, 0) is 42.5 Å². The summed E-state index contributed by atoms with van der Waals surface area (Å²) in [5, 5.41) is 2.70. The standard InChI is InChI=1S/C15H15N3O3.ClH/c1-21-13-7-4-10(8-12(13)16)15(20)18-11-5-2-9(3-6-11)14(17)19;/h2-8H,16H2,1H3,(H2,17,19)(H,18,20);1H. The van der Waals surface area contributed by atoms with Crippen molar-refractivity contribution in [1.29, 1.82) is 0 Å². The quantitative estimate of drug-likeness (QED) is 0.749. The van der Waals surface area contributed by atoms with Crippen molar-refractivity contribution in [2.45, 2.75) is 0 Å². The number of amides is 2. The molecule has 0 heterocycles. The molecule has 0 aromatic heterocycles. The van der Waals surface area contributed by atoms with Crippen LogP contribution in [0.3, 0.4) is 0 Å². The van der Waals surface area contributed by atoms with Crippen LogP contribution in [0.5, 0.6) is 5.75 Å². The van der Waals surface area contributed by atoms with Crippen molar-refractivity contribution < 1.29 is 14.3 Å². The van der Waals surface area contributed by atoms with Crippen LogP contribution < -0.4 is 21.5 Å². The summed E-state index contributed by atoms with van der Waals surface area (Å²) in [5.74, 6) is -0.315. The van der Waals surface area contributed by atoms with E-state index in [4.69, 9.17) is 16.2 Å². The fourth-order valence-electron chi connectivity index (χ4n) is 1.80. The van der Waals surface area contributed by atoms with E-state index in [0.717, 1.165) is 0 Å². The predicted octanol–water partition coefficient (Wildman–Crippen LogP) is 2.05. The van der Waals surface area contributed by atoms with Gasteiger partial charge in [0.2, 0.25) is 5.91 Å². The van der Waals surface area contributed by atoms with Crippen LogP contribution in [0.4, 0.5) is 11.4 Å². The number of nitrogen functional groups attached to an aromatic ring is 1. The summed E-state index contributed by atoms with van der Waals surface area (Å²) in [7, 11) is 1.51. The van der Waals surface area contributed by atoms with E-state index in [2.05, 4.69) is 5.32 Å². The number of ether oxygens (including phenoxy) is 1. The first-order valence-electron chi connectivity index (χ1n) is 6.16. The number of hydrogen-bond donors (Lipinski definition) is 3. The molecule has 2 amide bonds. The van der Waals surface area contributed by atoms with Gasteiger partial charge < -0.3 is 21.5 Å². The Bertz CT molecular complexity index is 687. The Labute approximate surface area is 133 Å². The minimum atomic E-state index is -0.518. The highest BCUT2D eigenvalue weighted by molar-refractivity contribution is 6.05. The number of primary amides is 1. The van der Waals surface area contributed by atoms with Gasteiger partial charge in [-0.1, -0.05) is 0 Å². The van der Waals surface area contributed by atoms with E-state index in [1.807, 2.05) is 0 Å². The summed E-state index contributed by atoms with van der Waals surface area (Å²) in [6.45, 7) is 0. The number of carbonyl (C=O) groups is 2. The monoisotopic (exact) mass is 321 g/mol. The van der Waals surface area contributed by atoms with Crippen molar-refractivity contribution in [3.63, 3.8) is 0 Å². The summed E-state index contributed by atoms with van der Waals surface area (Å²) in [6.07, 6.45) is 0. The highest BCUT2D eigenvalue weighted by atomic mass is 35.5. The number of rotatable bonds is 4. The van der Waals surface area contributed by atoms with Gasteiger partial charge in [-0.3, -0.25) is 9.59 Å². The average Bonchev–Trinajstić information content (AvgIpc) is 2.47. The van der Waals surface area contributed by atoms with Crippen LogP contribution in [0.2, 0.25) is 0 Å². The second-order valence-electron chi connectivity index (χ2n) is 4.35. The Hall–Kier alpha value is -2.73. The summed E-state index contributed by atoms with van der Waals surface area (Å²) in [5.41, 5.74) is 12.6. The lowest BCUT2D eigenvalue weighted by Crippen LogP contribution is -2.13. The molecule has 0 unspecified atom stereocenters. The molecular weight excluding hydrogens is 306 g/mol. The van der Waals surface area contributed by atoms with Crippen molar-refractivity contribution in [2.24, 2.45) is 5.73 Å². The highest BCUT2D eigenvalue weighted by Gasteiger charge is 2.09. The summed E-state index contributed by atoms with van der Waals surface area (Å²) < 4.78 is 5.03. The fraction of sp³-hybridized carbons (Fsp3) is 0.0667. The van der Waals surface area contributed by atoms with E-state index in [1.165, 1.54) is 13.2 Å². The maximum Gasteiger partial charge on any atom is 0.255 e. The molecule has 2 rings (SSSR count). The lowest BCUT2D eigenvalue weighted by Gasteiger charge is -2.08. The van der Waals surface area contributed by atoms with Gasteiger partial charge in [-0.15, -0.1) is 12.4 Å². The summed E-state index contributed by atoms with van der Waals surface area (Å²) in [4.78, 5) is 23.0. The van der Waals surface area contributed by atoms with Gasteiger partial charge in [-0.2, -0.15) is 0 Å². The Morgan fingerprint density at radius 3 is 2.14 bits per heavy atom. The summed E-state index contributed by atoms with van der Waals surface area (Å²) in [6, 6.07) is 11.1. The molecule has 0 bridgehead atoms. The Balaban J connectivity index is 0.00000242. The first-order valence-corrected chi connectivity index (χ1v) is 6.16. The molecular formula is C15H16ClN3O3. The molecule has 22 heavy (non-hydrogen) atoms. The number of hydrogen-bond acceptors (Lipinski definition) is 4. The maximum atomic E-state index is 12.1. The number of carbonyl (C=O) groups excluding carboxylic acids is 2. The maximum absolute atomic E-state index is 12.1. The zero-order chi connectivity index (χ0) is 15.4. The molecule has 0 radical (unpaired) electrons. The molecule has 2 aromatic rings. The second kappa shape index (κ2) is 7.33. The molecule has 0 fully saturated rings. The lowest BCUT2D eigenvalue weighted by molar-refractivity contribution is 0.0998. The topological polar surface area (TPSA) is 107 Å². The van der Waals surface area contributed by atoms with Crippen molar-refractivity contribution in [3.8, 4) is 5.75 Å². The van der Waals surface area contributed by atoms with Gasteiger partial charge in [0.25, 0.3) is 5.91 Å². The largest absolute Gasteiger partial charge is 0.495 e. The van der Waals surface area contributed by atoms with Gasteiger partial charge >= 0.3 is 0 Å². The van der Waals surface area contributed by atoms with E-state index in [-0.39, 0.29) is 18.3 Å². The van der Waals surface area contributed by atoms with Crippen LogP contribution in [0.15, 0.2) is 42.5 Å². The van der Waals surface area contributed by atoms with Crippen LogP contribution in [0.25, 0.3) is 0 Å². The number of anilines is 2. The molecule has 0 aliphatic heterocycles. The lowest BCUT2D eigenvalue weighted by atomic mass is 10.1. The van der Waals surface area contributed by atoms with Gasteiger partial charge in [0.15, 0.2) is 0 Å². The van der Waals surface area contributed by atoms with Gasteiger partial charge in [0.1, 0.15) is 5.75 Å². The van der Waals surface area contributed by atoms with Gasteiger partial charge in [0.05, 0.1) is 12.8 Å². The molecule has 6 nitrogen and oxygen atoms in total. The van der Waals surface area contributed by atoms with E-state index in [1.54, 1.807) is 36.4 Å². The molecule has 0 aliphatic carbocycles. The van der Waals surface area contributed by atoms with Gasteiger partial charge in [0, 0.05) is 16.8 Å². The van der Waals surface area contributed by atoms with Crippen LogP contribution in [0, 0.1) is 0 Å². The number of methoxy groups -OCH3 is 1. The molecule has 2 aromatic carbocycles.